The first kappa shape index (κ1) is 9.65. The first-order valence-corrected chi connectivity index (χ1v) is 4.26. The van der Waals surface area contributed by atoms with E-state index in [4.69, 9.17) is 0 Å². The van der Waals surface area contributed by atoms with Gasteiger partial charge >= 0.3 is 0 Å². The Hall–Kier alpha value is -0.440. The first-order chi connectivity index (χ1) is 5.49. The lowest BCUT2D eigenvalue weighted by Crippen LogP contribution is -2.46. The smallest absolute Gasteiger partial charge is 0.271 e. The van der Waals surface area contributed by atoms with Crippen LogP contribution in [-0.4, -0.2) is 30.5 Å². The number of piperidine rings is 1. The van der Waals surface area contributed by atoms with Crippen molar-refractivity contribution < 1.29 is 8.78 Å². The molecule has 0 aromatic rings. The van der Waals surface area contributed by atoms with Gasteiger partial charge in [-0.05, 0) is 13.5 Å². The molecule has 0 spiro atoms. The highest BCUT2D eigenvalue weighted by molar-refractivity contribution is 5.18. The zero-order valence-corrected chi connectivity index (χ0v) is 7.61. The number of likely N-dealkylation sites (N-methyl/N-ethyl adjacent to an activating group) is 1. The maximum absolute atomic E-state index is 13.1. The van der Waals surface area contributed by atoms with Crippen LogP contribution in [0.15, 0.2) is 12.2 Å². The quantitative estimate of drug-likeness (QED) is 0.553. The van der Waals surface area contributed by atoms with Crippen molar-refractivity contribution in [1.29, 1.82) is 0 Å². The fourth-order valence-electron chi connectivity index (χ4n) is 1.70. The van der Waals surface area contributed by atoms with Crippen LogP contribution in [0, 0.1) is 0 Å². The Bertz CT molecular complexity index is 189. The summed E-state index contributed by atoms with van der Waals surface area (Å²) in [4.78, 5) is 1.94. The van der Waals surface area contributed by atoms with Crippen molar-refractivity contribution in [3.05, 3.63) is 12.2 Å². The third-order valence-corrected chi connectivity index (χ3v) is 2.57. The molecule has 1 unspecified atom stereocenters. The zero-order chi connectivity index (χ0) is 9.35. The van der Waals surface area contributed by atoms with E-state index in [2.05, 4.69) is 6.58 Å². The van der Waals surface area contributed by atoms with E-state index in [0.717, 1.165) is 0 Å². The Morgan fingerprint density at radius 1 is 1.67 bits per heavy atom. The van der Waals surface area contributed by atoms with Crippen LogP contribution >= 0.6 is 0 Å². The standard InChI is InChI=1S/C9H15F2N/c1-4-8-7(2)9(10,11)5-6-12(8)3/h8H,2,4-6H2,1,3H3. The molecule has 0 aromatic carbocycles. The van der Waals surface area contributed by atoms with Crippen LogP contribution in [-0.2, 0) is 0 Å². The van der Waals surface area contributed by atoms with Gasteiger partial charge in [-0.3, -0.25) is 4.90 Å². The third-order valence-electron chi connectivity index (χ3n) is 2.57. The van der Waals surface area contributed by atoms with Crippen LogP contribution in [0.1, 0.15) is 19.8 Å². The molecule has 1 rings (SSSR count). The number of rotatable bonds is 1. The monoisotopic (exact) mass is 175 g/mol. The van der Waals surface area contributed by atoms with Gasteiger partial charge in [-0.2, -0.15) is 0 Å². The van der Waals surface area contributed by atoms with Crippen LogP contribution < -0.4 is 0 Å². The minimum Gasteiger partial charge on any atom is -0.299 e. The van der Waals surface area contributed by atoms with E-state index in [9.17, 15) is 8.78 Å². The molecule has 1 heterocycles. The van der Waals surface area contributed by atoms with E-state index in [1.165, 1.54) is 0 Å². The van der Waals surface area contributed by atoms with Crippen LogP contribution in [0.5, 0.6) is 0 Å². The lowest BCUT2D eigenvalue weighted by Gasteiger charge is -2.38. The Balaban J connectivity index is 2.78. The molecule has 0 bridgehead atoms. The predicted molar refractivity (Wildman–Crippen MR) is 45.4 cm³/mol. The SMILES string of the molecule is C=C1C(CC)N(C)CCC1(F)F. The molecule has 1 aliphatic heterocycles. The zero-order valence-electron chi connectivity index (χ0n) is 7.61. The lowest BCUT2D eigenvalue weighted by atomic mass is 9.92. The van der Waals surface area contributed by atoms with Crippen LogP contribution in [0.2, 0.25) is 0 Å². The number of nitrogens with zero attached hydrogens (tertiary/aromatic N) is 1. The van der Waals surface area contributed by atoms with Gasteiger partial charge in [-0.15, -0.1) is 0 Å². The molecular formula is C9H15F2N. The van der Waals surface area contributed by atoms with Gasteiger partial charge in [0.15, 0.2) is 0 Å². The van der Waals surface area contributed by atoms with Gasteiger partial charge in [-0.25, -0.2) is 8.78 Å². The summed E-state index contributed by atoms with van der Waals surface area (Å²) < 4.78 is 26.2. The number of hydrogen-bond donors (Lipinski definition) is 0. The number of alkyl halides is 2. The second-order valence-electron chi connectivity index (χ2n) is 3.38. The molecule has 0 N–H and O–H groups in total. The number of halogens is 2. The summed E-state index contributed by atoms with van der Waals surface area (Å²) in [6.45, 7) is 5.85. The van der Waals surface area contributed by atoms with Crippen LogP contribution in [0.25, 0.3) is 0 Å². The molecule has 0 radical (unpaired) electrons. The summed E-state index contributed by atoms with van der Waals surface area (Å²) in [5.74, 6) is -2.65. The van der Waals surface area contributed by atoms with Crippen molar-refractivity contribution in [2.75, 3.05) is 13.6 Å². The largest absolute Gasteiger partial charge is 0.299 e. The second-order valence-corrected chi connectivity index (χ2v) is 3.38. The van der Waals surface area contributed by atoms with Gasteiger partial charge in [0.2, 0.25) is 0 Å². The first-order valence-electron chi connectivity index (χ1n) is 4.26. The fourth-order valence-corrected chi connectivity index (χ4v) is 1.70. The lowest BCUT2D eigenvalue weighted by molar-refractivity contribution is -0.0175. The summed E-state index contributed by atoms with van der Waals surface area (Å²) in [6.07, 6.45) is 0.629. The van der Waals surface area contributed by atoms with Crippen LogP contribution in [0.4, 0.5) is 8.78 Å². The predicted octanol–water partition coefficient (Wildman–Crippen LogP) is 2.29. The minimum absolute atomic E-state index is 0.0822. The topological polar surface area (TPSA) is 3.24 Å². The highest BCUT2D eigenvalue weighted by Gasteiger charge is 2.41. The molecule has 1 nitrogen and oxygen atoms in total. The summed E-state index contributed by atoms with van der Waals surface area (Å²) in [6, 6.07) is -0.145. The van der Waals surface area contributed by atoms with Crippen molar-refractivity contribution in [2.24, 2.45) is 0 Å². The molecule has 1 fully saturated rings. The highest BCUT2D eigenvalue weighted by Crippen LogP contribution is 2.36. The summed E-state index contributed by atoms with van der Waals surface area (Å²) in [5, 5.41) is 0. The molecule has 0 aromatic heterocycles. The van der Waals surface area contributed by atoms with E-state index in [1.807, 2.05) is 18.9 Å². The maximum atomic E-state index is 13.1. The van der Waals surface area contributed by atoms with Crippen molar-refractivity contribution in [3.63, 3.8) is 0 Å². The molecule has 70 valence electrons. The normalized spacial score (nSPS) is 30.7. The third kappa shape index (κ3) is 1.51. The maximum Gasteiger partial charge on any atom is 0.271 e. The molecule has 0 saturated carbocycles. The molecular weight excluding hydrogens is 160 g/mol. The van der Waals surface area contributed by atoms with Crippen molar-refractivity contribution in [2.45, 2.75) is 31.7 Å². The van der Waals surface area contributed by atoms with Gasteiger partial charge in [-0.1, -0.05) is 13.5 Å². The molecule has 1 atom stereocenters. The fraction of sp³-hybridized carbons (Fsp3) is 0.778. The molecule has 0 aliphatic carbocycles. The molecule has 3 heteroatoms. The Morgan fingerprint density at radius 3 is 2.67 bits per heavy atom. The van der Waals surface area contributed by atoms with E-state index >= 15 is 0 Å². The molecule has 1 saturated heterocycles. The average molecular weight is 175 g/mol. The van der Waals surface area contributed by atoms with E-state index in [0.29, 0.717) is 13.0 Å². The molecule has 0 amide bonds. The summed E-state index contributed by atoms with van der Waals surface area (Å²) >= 11 is 0. The van der Waals surface area contributed by atoms with Crippen LogP contribution in [0.3, 0.4) is 0 Å². The van der Waals surface area contributed by atoms with Gasteiger partial charge in [0.05, 0.1) is 0 Å². The van der Waals surface area contributed by atoms with Crippen molar-refractivity contribution in [1.82, 2.24) is 4.90 Å². The second kappa shape index (κ2) is 3.13. The minimum atomic E-state index is -2.65. The van der Waals surface area contributed by atoms with E-state index < -0.39 is 5.92 Å². The molecule has 1 aliphatic rings. The summed E-state index contributed by atoms with van der Waals surface area (Å²) in [7, 11) is 1.87. The van der Waals surface area contributed by atoms with Gasteiger partial charge in [0.1, 0.15) is 0 Å². The summed E-state index contributed by atoms with van der Waals surface area (Å²) in [5.41, 5.74) is 0.0822. The average Bonchev–Trinajstić information content (AvgIpc) is 2.00. The number of hydrogen-bond acceptors (Lipinski definition) is 1. The molecule has 12 heavy (non-hydrogen) atoms. The Labute approximate surface area is 72.1 Å². The van der Waals surface area contributed by atoms with Crippen molar-refractivity contribution in [3.8, 4) is 0 Å². The number of likely N-dealkylation sites (tertiary alicyclic amines) is 1. The Morgan fingerprint density at radius 2 is 2.25 bits per heavy atom. The van der Waals surface area contributed by atoms with Crippen molar-refractivity contribution >= 4 is 0 Å². The Kier molecular flexibility index (Phi) is 2.52. The van der Waals surface area contributed by atoms with E-state index in [1.54, 1.807) is 0 Å². The van der Waals surface area contributed by atoms with Gasteiger partial charge < -0.3 is 0 Å². The van der Waals surface area contributed by atoms with Gasteiger partial charge in [0, 0.05) is 24.6 Å². The highest BCUT2D eigenvalue weighted by atomic mass is 19.3. The van der Waals surface area contributed by atoms with E-state index in [-0.39, 0.29) is 18.0 Å². The van der Waals surface area contributed by atoms with Gasteiger partial charge in [0.25, 0.3) is 5.92 Å².